The monoisotopic (exact) mass is 325 g/mol. The third kappa shape index (κ3) is 2.13. The summed E-state index contributed by atoms with van der Waals surface area (Å²) in [6.07, 6.45) is 0.0989. The van der Waals surface area contributed by atoms with Crippen LogP contribution in [-0.4, -0.2) is 30.7 Å². The van der Waals surface area contributed by atoms with Gasteiger partial charge in [0.05, 0.1) is 30.0 Å². The van der Waals surface area contributed by atoms with E-state index in [1.165, 1.54) is 17.1 Å². The van der Waals surface area contributed by atoms with Crippen LogP contribution in [0.2, 0.25) is 0 Å². The van der Waals surface area contributed by atoms with Gasteiger partial charge in [-0.05, 0) is 12.8 Å². The van der Waals surface area contributed by atoms with Crippen LogP contribution in [0.1, 0.15) is 31.7 Å². The average Bonchev–Trinajstić information content (AvgIpc) is 3.08. The summed E-state index contributed by atoms with van der Waals surface area (Å²) in [5.74, 6) is -1.52. The quantitative estimate of drug-likeness (QED) is 0.722. The van der Waals surface area contributed by atoms with Crippen LogP contribution in [0.3, 0.4) is 0 Å². The summed E-state index contributed by atoms with van der Waals surface area (Å²) in [5.41, 5.74) is 1.11. The van der Waals surface area contributed by atoms with Crippen molar-refractivity contribution in [2.45, 2.75) is 37.9 Å². The summed E-state index contributed by atoms with van der Waals surface area (Å²) in [6, 6.07) is -0.910. The molecule has 0 bridgehead atoms. The summed E-state index contributed by atoms with van der Waals surface area (Å²) < 4.78 is 41.5. The number of alkyl halides is 3. The Morgan fingerprint density at radius 2 is 2.00 bits per heavy atom. The molecule has 0 spiro atoms. The lowest BCUT2D eigenvalue weighted by Crippen LogP contribution is -2.38. The van der Waals surface area contributed by atoms with Gasteiger partial charge in [0, 0.05) is 0 Å². The first-order valence-corrected chi connectivity index (χ1v) is 7.46. The fraction of sp³-hybridized carbons (Fsp3) is 0.500. The fourth-order valence-electron chi connectivity index (χ4n) is 3.61. The Labute approximate surface area is 127 Å². The van der Waals surface area contributed by atoms with Crippen LogP contribution in [0, 0.1) is 5.92 Å². The molecule has 1 fully saturated rings. The lowest BCUT2D eigenvalue weighted by atomic mass is 9.83. The lowest BCUT2D eigenvalue weighted by molar-refractivity contribution is -0.193. The molecular weight excluding hydrogens is 311 g/mol. The molecule has 0 unspecified atom stereocenters. The highest BCUT2D eigenvalue weighted by atomic mass is 19.4. The first-order valence-electron chi connectivity index (χ1n) is 7.46. The van der Waals surface area contributed by atoms with E-state index in [4.69, 9.17) is 0 Å². The Morgan fingerprint density at radius 3 is 2.78 bits per heavy atom. The molecule has 0 aromatic carbocycles. The number of nitrogens with one attached hydrogen (secondary N) is 2. The summed E-state index contributed by atoms with van der Waals surface area (Å²) in [5, 5.41) is 0. The van der Waals surface area contributed by atoms with Crippen LogP contribution >= 0.6 is 0 Å². The molecule has 3 heterocycles. The van der Waals surface area contributed by atoms with Crippen LogP contribution in [0.15, 0.2) is 17.3 Å². The number of aromatic nitrogens is 5. The second kappa shape index (κ2) is 4.84. The molecule has 0 amide bonds. The number of halogens is 3. The number of H-pyrrole nitrogens is 2. The molecule has 122 valence electrons. The number of hydrogen-bond donors (Lipinski definition) is 2. The Hall–Kier alpha value is -2.32. The number of rotatable bonds is 1. The van der Waals surface area contributed by atoms with Crippen molar-refractivity contribution in [1.82, 2.24) is 24.5 Å². The molecular formula is C14H14F3N5O. The highest BCUT2D eigenvalue weighted by Crippen LogP contribution is 2.44. The van der Waals surface area contributed by atoms with Crippen molar-refractivity contribution in [1.29, 1.82) is 0 Å². The van der Waals surface area contributed by atoms with Gasteiger partial charge in [-0.3, -0.25) is 4.57 Å². The third-order valence-corrected chi connectivity index (χ3v) is 4.60. The van der Waals surface area contributed by atoms with E-state index in [0.29, 0.717) is 41.5 Å². The molecule has 2 N–H and O–H groups in total. The summed E-state index contributed by atoms with van der Waals surface area (Å²) in [4.78, 5) is 26.0. The minimum atomic E-state index is -4.33. The van der Waals surface area contributed by atoms with Crippen LogP contribution < -0.4 is 5.69 Å². The highest BCUT2D eigenvalue weighted by molar-refractivity contribution is 5.98. The van der Waals surface area contributed by atoms with Crippen molar-refractivity contribution in [2.75, 3.05) is 0 Å². The van der Waals surface area contributed by atoms with E-state index in [-0.39, 0.29) is 6.42 Å². The highest BCUT2D eigenvalue weighted by Gasteiger charge is 2.47. The van der Waals surface area contributed by atoms with Crippen molar-refractivity contribution >= 4 is 22.2 Å². The molecule has 9 heteroatoms. The van der Waals surface area contributed by atoms with E-state index < -0.39 is 23.8 Å². The Morgan fingerprint density at radius 1 is 1.22 bits per heavy atom. The first-order chi connectivity index (χ1) is 11.0. The van der Waals surface area contributed by atoms with E-state index in [2.05, 4.69) is 19.9 Å². The minimum absolute atomic E-state index is 0.0437. The summed E-state index contributed by atoms with van der Waals surface area (Å²) in [6.45, 7) is 0. The van der Waals surface area contributed by atoms with Crippen molar-refractivity contribution < 1.29 is 13.2 Å². The number of nitrogens with zero attached hydrogens (tertiary/aromatic N) is 3. The standard InChI is InChI=1S/C14H14F3N5O/c15-14(16,17)7-3-1-2-4-9(7)22-11-8(21-13(22)23)5-18-12-10(11)19-6-20-12/h5-7,9H,1-4H2,(H,21,23)(H,18,19,20)/t7-,9+/m1/s1. The molecule has 23 heavy (non-hydrogen) atoms. The fourth-order valence-corrected chi connectivity index (χ4v) is 3.61. The maximum Gasteiger partial charge on any atom is 0.393 e. The molecule has 0 saturated heterocycles. The van der Waals surface area contributed by atoms with E-state index in [1.54, 1.807) is 0 Å². The first kappa shape index (κ1) is 14.3. The molecule has 1 aliphatic rings. The second-order valence-electron chi connectivity index (χ2n) is 5.92. The van der Waals surface area contributed by atoms with Gasteiger partial charge in [0.15, 0.2) is 5.65 Å². The molecule has 6 nitrogen and oxygen atoms in total. The molecule has 2 atom stereocenters. The maximum atomic E-state index is 13.4. The zero-order chi connectivity index (χ0) is 16.2. The zero-order valence-corrected chi connectivity index (χ0v) is 12.0. The predicted octanol–water partition coefficient (Wildman–Crippen LogP) is 2.89. The van der Waals surface area contributed by atoms with Gasteiger partial charge in [0.2, 0.25) is 0 Å². The van der Waals surface area contributed by atoms with Gasteiger partial charge >= 0.3 is 11.9 Å². The molecule has 4 rings (SSSR count). The molecule has 0 radical (unpaired) electrons. The van der Waals surface area contributed by atoms with Crippen LogP contribution in [0.25, 0.3) is 22.2 Å². The number of aromatic amines is 2. The summed E-state index contributed by atoms with van der Waals surface area (Å²) in [7, 11) is 0. The van der Waals surface area contributed by atoms with Gasteiger partial charge in [-0.2, -0.15) is 13.2 Å². The van der Waals surface area contributed by atoms with Gasteiger partial charge in [-0.15, -0.1) is 0 Å². The number of imidazole rings is 2. The van der Waals surface area contributed by atoms with Crippen LogP contribution in [-0.2, 0) is 0 Å². The van der Waals surface area contributed by atoms with Crippen molar-refractivity contribution in [3.8, 4) is 0 Å². The van der Waals surface area contributed by atoms with Crippen molar-refractivity contribution in [3.05, 3.63) is 23.0 Å². The van der Waals surface area contributed by atoms with Crippen LogP contribution in [0.5, 0.6) is 0 Å². The molecule has 3 aromatic rings. The van der Waals surface area contributed by atoms with Gasteiger partial charge in [0.25, 0.3) is 0 Å². The number of fused-ring (bicyclic) bond motifs is 3. The maximum absolute atomic E-state index is 13.4. The second-order valence-corrected chi connectivity index (χ2v) is 5.92. The lowest BCUT2D eigenvalue weighted by Gasteiger charge is -2.33. The van der Waals surface area contributed by atoms with E-state index >= 15 is 0 Å². The largest absolute Gasteiger partial charge is 0.393 e. The Bertz CT molecular complexity index is 922. The van der Waals surface area contributed by atoms with Crippen LogP contribution in [0.4, 0.5) is 13.2 Å². The molecule has 1 saturated carbocycles. The van der Waals surface area contributed by atoms with Gasteiger partial charge in [-0.25, -0.2) is 14.8 Å². The van der Waals surface area contributed by atoms with E-state index in [9.17, 15) is 18.0 Å². The van der Waals surface area contributed by atoms with Gasteiger partial charge < -0.3 is 9.97 Å². The molecule has 3 aromatic heterocycles. The normalized spacial score (nSPS) is 22.9. The molecule has 1 aliphatic carbocycles. The Kier molecular flexibility index (Phi) is 3.00. The third-order valence-electron chi connectivity index (χ3n) is 4.60. The smallest absolute Gasteiger partial charge is 0.329 e. The Balaban J connectivity index is 1.98. The van der Waals surface area contributed by atoms with Crippen molar-refractivity contribution in [3.63, 3.8) is 0 Å². The van der Waals surface area contributed by atoms with Gasteiger partial charge in [0.1, 0.15) is 11.0 Å². The summed E-state index contributed by atoms with van der Waals surface area (Å²) >= 11 is 0. The number of hydrogen-bond acceptors (Lipinski definition) is 3. The minimum Gasteiger partial charge on any atom is -0.329 e. The van der Waals surface area contributed by atoms with E-state index in [0.717, 1.165) is 0 Å². The predicted molar refractivity (Wildman–Crippen MR) is 77.1 cm³/mol. The molecule has 0 aliphatic heterocycles. The van der Waals surface area contributed by atoms with Gasteiger partial charge in [-0.1, -0.05) is 12.8 Å². The SMILES string of the molecule is O=c1[nH]c2cnc3[nH]cnc3c2n1[C@H]1CCCC[C@H]1C(F)(F)F. The average molecular weight is 325 g/mol. The van der Waals surface area contributed by atoms with E-state index in [1.807, 2.05) is 0 Å². The topological polar surface area (TPSA) is 79.4 Å². The zero-order valence-electron chi connectivity index (χ0n) is 12.0. The van der Waals surface area contributed by atoms with Crippen molar-refractivity contribution in [2.24, 2.45) is 5.92 Å². The number of pyridine rings is 1.